The minimum atomic E-state index is -3.01. The summed E-state index contributed by atoms with van der Waals surface area (Å²) in [5, 5.41) is 0. The highest BCUT2D eigenvalue weighted by Gasteiger charge is 2.36. The van der Waals surface area contributed by atoms with Gasteiger partial charge in [0.05, 0.1) is 24.7 Å². The molecule has 0 radical (unpaired) electrons. The third kappa shape index (κ3) is 5.67. The Morgan fingerprint density at radius 2 is 1.77 bits per heavy atom. The Labute approximate surface area is 158 Å². The summed E-state index contributed by atoms with van der Waals surface area (Å²) in [4.78, 5) is 17.3. The lowest BCUT2D eigenvalue weighted by molar-refractivity contribution is -0.135. The number of methoxy groups -OCH3 is 1. The van der Waals surface area contributed by atoms with Gasteiger partial charge in [-0.3, -0.25) is 9.69 Å². The van der Waals surface area contributed by atoms with Gasteiger partial charge < -0.3 is 9.64 Å². The van der Waals surface area contributed by atoms with Gasteiger partial charge in [0, 0.05) is 32.3 Å². The molecule has 1 saturated heterocycles. The van der Waals surface area contributed by atoms with E-state index in [9.17, 15) is 13.2 Å². The molecule has 1 aliphatic heterocycles. The van der Waals surface area contributed by atoms with Crippen molar-refractivity contribution in [2.75, 3.05) is 44.9 Å². The van der Waals surface area contributed by atoms with E-state index in [0.29, 0.717) is 32.2 Å². The number of hydrogen-bond acceptors (Lipinski definition) is 5. The second-order valence-electron chi connectivity index (χ2n) is 8.30. The van der Waals surface area contributed by atoms with Crippen LogP contribution < -0.4 is 0 Å². The highest BCUT2D eigenvalue weighted by atomic mass is 32.2. The summed E-state index contributed by atoms with van der Waals surface area (Å²) >= 11 is 0. The molecule has 0 spiro atoms. The minimum Gasteiger partial charge on any atom is -0.383 e. The maximum Gasteiger partial charge on any atom is 0.237 e. The van der Waals surface area contributed by atoms with Crippen LogP contribution in [0.5, 0.6) is 0 Å². The van der Waals surface area contributed by atoms with Gasteiger partial charge in [0.1, 0.15) is 0 Å². The molecule has 0 aromatic heterocycles. The number of hydrogen-bond donors (Lipinski definition) is 0. The van der Waals surface area contributed by atoms with Crippen molar-refractivity contribution in [3.05, 3.63) is 0 Å². The molecule has 1 atom stereocenters. The number of sulfone groups is 1. The maximum atomic E-state index is 13.1. The van der Waals surface area contributed by atoms with Crippen molar-refractivity contribution >= 4 is 15.7 Å². The molecule has 0 aromatic rings. The molecule has 0 aromatic carbocycles. The third-order valence-corrected chi connectivity index (χ3v) is 7.88. The van der Waals surface area contributed by atoms with Crippen LogP contribution in [0.1, 0.15) is 51.4 Å². The van der Waals surface area contributed by atoms with Crippen LogP contribution in [0, 0.1) is 5.92 Å². The Kier molecular flexibility index (Phi) is 6.97. The minimum absolute atomic E-state index is 0.0790. The average molecular weight is 387 g/mol. The van der Waals surface area contributed by atoms with Crippen LogP contribution in [-0.2, 0) is 19.4 Å². The normalized spacial score (nSPS) is 26.3. The van der Waals surface area contributed by atoms with Crippen molar-refractivity contribution < 1.29 is 17.9 Å². The van der Waals surface area contributed by atoms with Gasteiger partial charge in [-0.25, -0.2) is 8.42 Å². The fraction of sp³-hybridized carbons (Fsp3) is 0.947. The van der Waals surface area contributed by atoms with Crippen molar-refractivity contribution in [2.24, 2.45) is 5.92 Å². The first-order valence-electron chi connectivity index (χ1n) is 10.2. The van der Waals surface area contributed by atoms with E-state index in [-0.39, 0.29) is 23.5 Å². The molecule has 6 nitrogen and oxygen atoms in total. The van der Waals surface area contributed by atoms with Crippen molar-refractivity contribution in [3.63, 3.8) is 0 Å². The van der Waals surface area contributed by atoms with E-state index < -0.39 is 9.84 Å². The van der Waals surface area contributed by atoms with Gasteiger partial charge in [-0.15, -0.1) is 0 Å². The number of carbonyl (C=O) groups is 1. The standard InChI is InChI=1S/C19H34N2O4S/c1-25-11-10-21(18-9-12-26(23,24)15-18)19(22)14-20(13-16-7-8-16)17-5-3-2-4-6-17/h16-18H,2-15H2,1H3. The smallest absolute Gasteiger partial charge is 0.237 e. The van der Waals surface area contributed by atoms with Crippen LogP contribution in [0.2, 0.25) is 0 Å². The largest absolute Gasteiger partial charge is 0.383 e. The van der Waals surface area contributed by atoms with Gasteiger partial charge in [0.15, 0.2) is 9.84 Å². The van der Waals surface area contributed by atoms with Crippen LogP contribution in [0.4, 0.5) is 0 Å². The van der Waals surface area contributed by atoms with E-state index in [1.165, 1.54) is 44.9 Å². The Balaban J connectivity index is 1.65. The molecule has 1 amide bonds. The van der Waals surface area contributed by atoms with E-state index >= 15 is 0 Å². The van der Waals surface area contributed by atoms with Crippen LogP contribution in [0.3, 0.4) is 0 Å². The SMILES string of the molecule is COCCN(C(=O)CN(CC1CC1)C1CCCCC1)C1CCS(=O)(=O)C1. The summed E-state index contributed by atoms with van der Waals surface area (Å²) in [6, 6.07) is 0.335. The molecule has 26 heavy (non-hydrogen) atoms. The topological polar surface area (TPSA) is 66.9 Å². The van der Waals surface area contributed by atoms with Gasteiger partial charge in [-0.1, -0.05) is 19.3 Å². The van der Waals surface area contributed by atoms with Crippen molar-refractivity contribution in [1.29, 1.82) is 0 Å². The molecule has 150 valence electrons. The highest BCUT2D eigenvalue weighted by molar-refractivity contribution is 7.91. The summed E-state index contributed by atoms with van der Waals surface area (Å²) in [5.41, 5.74) is 0. The lowest BCUT2D eigenvalue weighted by atomic mass is 9.94. The predicted octanol–water partition coefficient (Wildman–Crippen LogP) is 1.69. The van der Waals surface area contributed by atoms with Crippen LogP contribution >= 0.6 is 0 Å². The zero-order valence-corrected chi connectivity index (χ0v) is 16.9. The summed E-state index contributed by atoms with van der Waals surface area (Å²) in [5.74, 6) is 1.14. The molecular formula is C19H34N2O4S. The van der Waals surface area contributed by atoms with Gasteiger partial charge in [0.25, 0.3) is 0 Å². The Morgan fingerprint density at radius 3 is 2.35 bits per heavy atom. The third-order valence-electron chi connectivity index (χ3n) is 6.12. The molecule has 2 saturated carbocycles. The first kappa shape index (κ1) is 20.1. The molecule has 7 heteroatoms. The van der Waals surface area contributed by atoms with Crippen molar-refractivity contribution in [2.45, 2.75) is 63.5 Å². The zero-order valence-electron chi connectivity index (χ0n) is 16.1. The molecule has 1 unspecified atom stereocenters. The molecule has 0 N–H and O–H groups in total. The van der Waals surface area contributed by atoms with Crippen molar-refractivity contribution in [1.82, 2.24) is 9.80 Å². The Morgan fingerprint density at radius 1 is 1.04 bits per heavy atom. The monoisotopic (exact) mass is 386 g/mol. The molecule has 1 heterocycles. The summed E-state index contributed by atoms with van der Waals surface area (Å²) < 4.78 is 28.9. The first-order valence-corrected chi connectivity index (χ1v) is 12.0. The highest BCUT2D eigenvalue weighted by Crippen LogP contribution is 2.32. The average Bonchev–Trinajstić information content (AvgIpc) is 3.37. The number of carbonyl (C=O) groups excluding carboxylic acids is 1. The second-order valence-corrected chi connectivity index (χ2v) is 10.5. The fourth-order valence-corrected chi connectivity index (χ4v) is 6.14. The predicted molar refractivity (Wildman–Crippen MR) is 102 cm³/mol. The van der Waals surface area contributed by atoms with Crippen molar-refractivity contribution in [3.8, 4) is 0 Å². The van der Waals surface area contributed by atoms with Crippen LogP contribution in [0.25, 0.3) is 0 Å². The lowest BCUT2D eigenvalue weighted by Crippen LogP contribution is -2.50. The van der Waals surface area contributed by atoms with E-state index in [0.717, 1.165) is 12.5 Å². The Bertz CT molecular complexity index is 570. The quantitative estimate of drug-likeness (QED) is 0.603. The number of amides is 1. The zero-order chi connectivity index (χ0) is 18.6. The fourth-order valence-electron chi connectivity index (χ4n) is 4.41. The summed E-state index contributed by atoms with van der Waals surface area (Å²) in [6.45, 7) is 2.39. The first-order chi connectivity index (χ1) is 12.5. The molecule has 3 rings (SSSR count). The molecular weight excluding hydrogens is 352 g/mol. The molecule has 3 fully saturated rings. The van der Waals surface area contributed by atoms with E-state index in [1.54, 1.807) is 12.0 Å². The number of ether oxygens (including phenoxy) is 1. The molecule has 3 aliphatic rings. The maximum absolute atomic E-state index is 13.1. The second kappa shape index (κ2) is 9.02. The van der Waals surface area contributed by atoms with Gasteiger partial charge in [-0.05, 0) is 38.0 Å². The van der Waals surface area contributed by atoms with Gasteiger partial charge in [0.2, 0.25) is 5.91 Å². The Hall–Kier alpha value is -0.660. The lowest BCUT2D eigenvalue weighted by Gasteiger charge is -2.36. The molecule has 2 aliphatic carbocycles. The van der Waals surface area contributed by atoms with Gasteiger partial charge in [-0.2, -0.15) is 0 Å². The van der Waals surface area contributed by atoms with E-state index in [4.69, 9.17) is 4.74 Å². The number of rotatable bonds is 9. The number of nitrogens with zero attached hydrogens (tertiary/aromatic N) is 2. The van der Waals surface area contributed by atoms with E-state index in [1.807, 2.05) is 0 Å². The van der Waals surface area contributed by atoms with Crippen LogP contribution in [-0.4, -0.2) is 81.1 Å². The summed E-state index contributed by atoms with van der Waals surface area (Å²) in [7, 11) is -1.38. The van der Waals surface area contributed by atoms with Crippen LogP contribution in [0.15, 0.2) is 0 Å². The molecule has 0 bridgehead atoms. The van der Waals surface area contributed by atoms with E-state index in [2.05, 4.69) is 4.90 Å². The summed E-state index contributed by atoms with van der Waals surface area (Å²) in [6.07, 6.45) is 9.33. The van der Waals surface area contributed by atoms with Gasteiger partial charge >= 0.3 is 0 Å².